The third kappa shape index (κ3) is 3.85. The fraction of sp³-hybridized carbons (Fsp3) is 0.300. The van der Waals surface area contributed by atoms with Gasteiger partial charge in [-0.05, 0) is 36.4 Å². The number of carbonyl (C=O) groups is 3. The average molecular weight is 418 g/mol. The molecule has 2 aromatic rings. The van der Waals surface area contributed by atoms with Crippen molar-refractivity contribution in [3.05, 3.63) is 53.7 Å². The number of hydrogen-bond acceptors (Lipinski definition) is 5. The van der Waals surface area contributed by atoms with Crippen molar-refractivity contribution in [1.29, 1.82) is 0 Å². The van der Waals surface area contributed by atoms with E-state index in [1.807, 2.05) is 0 Å². The van der Waals surface area contributed by atoms with Crippen LogP contribution in [0.5, 0.6) is 0 Å². The lowest BCUT2D eigenvalue weighted by Gasteiger charge is -2.40. The highest BCUT2D eigenvalue weighted by molar-refractivity contribution is 6.19. The second-order valence-corrected chi connectivity index (χ2v) is 7.15. The summed E-state index contributed by atoms with van der Waals surface area (Å²) >= 11 is 0. The molecule has 0 aliphatic carbocycles. The first-order chi connectivity index (χ1) is 14.2. The van der Waals surface area contributed by atoms with Gasteiger partial charge in [0.1, 0.15) is 5.82 Å². The Hall–Kier alpha value is -3.43. The molecule has 2 saturated heterocycles. The average Bonchev–Trinajstić information content (AvgIpc) is 3.02. The smallest absolute Gasteiger partial charge is 0.352 e. The molecule has 3 amide bonds. The molecular weight excluding hydrogens is 401 g/mol. The Morgan fingerprint density at radius 2 is 1.67 bits per heavy atom. The Morgan fingerprint density at radius 3 is 2.27 bits per heavy atom. The summed E-state index contributed by atoms with van der Waals surface area (Å²) in [6.45, 7) is 0.684. The van der Waals surface area contributed by atoms with Gasteiger partial charge in [0.2, 0.25) is 11.8 Å². The fourth-order valence-electron chi connectivity index (χ4n) is 3.42. The van der Waals surface area contributed by atoms with Gasteiger partial charge in [0, 0.05) is 37.7 Å². The second kappa shape index (κ2) is 7.43. The molecular formula is C20H17F3N4O3. The molecule has 0 bridgehead atoms. The van der Waals surface area contributed by atoms with Crippen molar-refractivity contribution in [2.75, 3.05) is 22.9 Å². The summed E-state index contributed by atoms with van der Waals surface area (Å²) in [4.78, 5) is 42.7. The molecule has 30 heavy (non-hydrogen) atoms. The number of imide groups is 1. The van der Waals surface area contributed by atoms with Crippen LogP contribution in [0.1, 0.15) is 28.8 Å². The zero-order chi connectivity index (χ0) is 21.5. The number of rotatable bonds is 4. The largest absolute Gasteiger partial charge is 0.416 e. The molecule has 2 aliphatic rings. The third-order valence-electron chi connectivity index (χ3n) is 5.05. The van der Waals surface area contributed by atoms with E-state index in [0.29, 0.717) is 24.3 Å². The number of alkyl halides is 3. The first-order valence-corrected chi connectivity index (χ1v) is 9.27. The van der Waals surface area contributed by atoms with Crippen LogP contribution < -0.4 is 15.1 Å². The van der Waals surface area contributed by atoms with Gasteiger partial charge in [0.25, 0.3) is 5.91 Å². The first-order valence-electron chi connectivity index (χ1n) is 9.27. The Labute approximate surface area is 169 Å². The summed E-state index contributed by atoms with van der Waals surface area (Å²) in [6.07, 6.45) is -2.96. The number of nitrogens with one attached hydrogen (secondary N) is 1. The molecule has 10 heteroatoms. The molecule has 0 unspecified atom stereocenters. The zero-order valence-corrected chi connectivity index (χ0v) is 15.6. The molecule has 2 fully saturated rings. The van der Waals surface area contributed by atoms with Gasteiger partial charge in [-0.25, -0.2) is 4.98 Å². The van der Waals surface area contributed by atoms with E-state index in [1.54, 1.807) is 4.90 Å². The van der Waals surface area contributed by atoms with E-state index >= 15 is 0 Å². The van der Waals surface area contributed by atoms with Crippen LogP contribution >= 0.6 is 0 Å². The standard InChI is InChI=1S/C20H17F3N4O3/c21-20(22,23)13-7-8-24-16(9-13)26-10-14(11-26)25-19(30)12-1-3-15(4-2-12)27-17(28)5-6-18(27)29/h1-4,7-9,14H,5-6,10-11H2,(H,25,30). The highest BCUT2D eigenvalue weighted by Gasteiger charge is 2.34. The maximum Gasteiger partial charge on any atom is 0.416 e. The van der Waals surface area contributed by atoms with E-state index < -0.39 is 11.7 Å². The normalized spacial score (nSPS) is 17.3. The summed E-state index contributed by atoms with van der Waals surface area (Å²) in [7, 11) is 0. The van der Waals surface area contributed by atoms with Crippen LogP contribution in [0.4, 0.5) is 24.7 Å². The Morgan fingerprint density at radius 1 is 1.03 bits per heavy atom. The van der Waals surface area contributed by atoms with E-state index in [0.717, 1.165) is 23.2 Å². The lowest BCUT2D eigenvalue weighted by atomic mass is 10.1. The molecule has 1 aromatic heterocycles. The molecule has 0 saturated carbocycles. The number of nitrogens with zero attached hydrogens (tertiary/aromatic N) is 3. The predicted molar refractivity (Wildman–Crippen MR) is 101 cm³/mol. The number of carbonyl (C=O) groups excluding carboxylic acids is 3. The molecule has 2 aliphatic heterocycles. The van der Waals surface area contributed by atoms with Gasteiger partial charge in [-0.15, -0.1) is 0 Å². The van der Waals surface area contributed by atoms with Crippen molar-refractivity contribution in [3.63, 3.8) is 0 Å². The van der Waals surface area contributed by atoms with Gasteiger partial charge in [0.05, 0.1) is 17.3 Å². The molecule has 0 atom stereocenters. The number of aromatic nitrogens is 1. The number of amides is 3. The van der Waals surface area contributed by atoms with Crippen LogP contribution in [0.2, 0.25) is 0 Å². The molecule has 4 rings (SSSR count). The highest BCUT2D eigenvalue weighted by atomic mass is 19.4. The zero-order valence-electron chi connectivity index (χ0n) is 15.6. The maximum absolute atomic E-state index is 12.8. The minimum absolute atomic E-state index is 0.181. The summed E-state index contributed by atoms with van der Waals surface area (Å²) < 4.78 is 38.4. The molecule has 156 valence electrons. The molecule has 0 radical (unpaired) electrons. The number of pyridine rings is 1. The lowest BCUT2D eigenvalue weighted by Crippen LogP contribution is -2.59. The topological polar surface area (TPSA) is 82.6 Å². The maximum atomic E-state index is 12.8. The summed E-state index contributed by atoms with van der Waals surface area (Å²) in [5, 5.41) is 2.81. The number of halogens is 3. The van der Waals surface area contributed by atoms with Gasteiger partial charge < -0.3 is 10.2 Å². The minimum atomic E-state index is -4.44. The van der Waals surface area contributed by atoms with Crippen LogP contribution in [0.15, 0.2) is 42.6 Å². The van der Waals surface area contributed by atoms with Gasteiger partial charge in [-0.3, -0.25) is 19.3 Å². The lowest BCUT2D eigenvalue weighted by molar-refractivity contribution is -0.137. The van der Waals surface area contributed by atoms with Gasteiger partial charge in [-0.2, -0.15) is 13.2 Å². The number of anilines is 2. The Bertz CT molecular complexity index is 985. The van der Waals surface area contributed by atoms with Crippen LogP contribution in [-0.2, 0) is 15.8 Å². The minimum Gasteiger partial charge on any atom is -0.352 e. The number of benzene rings is 1. The van der Waals surface area contributed by atoms with E-state index in [2.05, 4.69) is 10.3 Å². The third-order valence-corrected chi connectivity index (χ3v) is 5.05. The van der Waals surface area contributed by atoms with Crippen LogP contribution in [-0.4, -0.2) is 41.8 Å². The SMILES string of the molecule is O=C(NC1CN(c2cc(C(F)(F)F)ccn2)C1)c1ccc(N2C(=O)CCC2=O)cc1. The molecule has 1 aromatic carbocycles. The van der Waals surface area contributed by atoms with Crippen molar-refractivity contribution in [3.8, 4) is 0 Å². The van der Waals surface area contributed by atoms with E-state index in [4.69, 9.17) is 0 Å². The van der Waals surface area contributed by atoms with Crippen LogP contribution in [0, 0.1) is 0 Å². The second-order valence-electron chi connectivity index (χ2n) is 7.15. The fourth-order valence-corrected chi connectivity index (χ4v) is 3.42. The van der Waals surface area contributed by atoms with E-state index in [1.165, 1.54) is 24.3 Å². The van der Waals surface area contributed by atoms with Crippen LogP contribution in [0.3, 0.4) is 0 Å². The van der Waals surface area contributed by atoms with Crippen molar-refractivity contribution >= 4 is 29.2 Å². The monoisotopic (exact) mass is 418 g/mol. The molecule has 0 spiro atoms. The predicted octanol–water partition coefficient (Wildman–Crippen LogP) is 2.37. The summed E-state index contributed by atoms with van der Waals surface area (Å²) in [5.41, 5.74) is 0.00743. The first kappa shape index (κ1) is 19.9. The molecule has 1 N–H and O–H groups in total. The van der Waals surface area contributed by atoms with E-state index in [9.17, 15) is 27.6 Å². The van der Waals surface area contributed by atoms with Gasteiger partial charge in [0.15, 0.2) is 0 Å². The quantitative estimate of drug-likeness (QED) is 0.771. The van der Waals surface area contributed by atoms with Crippen molar-refractivity contribution in [2.24, 2.45) is 0 Å². The number of hydrogen-bond donors (Lipinski definition) is 1. The van der Waals surface area contributed by atoms with E-state index in [-0.39, 0.29) is 42.4 Å². The Kier molecular flexibility index (Phi) is 4.92. The van der Waals surface area contributed by atoms with Crippen molar-refractivity contribution in [1.82, 2.24) is 10.3 Å². The van der Waals surface area contributed by atoms with Gasteiger partial charge >= 0.3 is 6.18 Å². The molecule has 3 heterocycles. The molecule has 7 nitrogen and oxygen atoms in total. The summed E-state index contributed by atoms with van der Waals surface area (Å²) in [6, 6.07) is 7.79. The summed E-state index contributed by atoms with van der Waals surface area (Å²) in [5.74, 6) is -0.674. The van der Waals surface area contributed by atoms with Crippen molar-refractivity contribution in [2.45, 2.75) is 25.1 Å². The highest BCUT2D eigenvalue weighted by Crippen LogP contribution is 2.31. The Balaban J connectivity index is 1.34. The van der Waals surface area contributed by atoms with Gasteiger partial charge in [-0.1, -0.05) is 0 Å². The van der Waals surface area contributed by atoms with Crippen molar-refractivity contribution < 1.29 is 27.6 Å². The van der Waals surface area contributed by atoms with Crippen LogP contribution in [0.25, 0.3) is 0 Å².